The summed E-state index contributed by atoms with van der Waals surface area (Å²) in [6.45, 7) is 0. The SMILES string of the molecule is C.COc1cccc(NO)c1.COc1cccc([N+](=O)[O-])c1. The molecule has 0 bridgehead atoms. The molecule has 0 aliphatic carbocycles. The molecule has 22 heavy (non-hydrogen) atoms. The van der Waals surface area contributed by atoms with E-state index in [9.17, 15) is 10.1 Å². The molecule has 0 saturated carbocycles. The zero-order valence-electron chi connectivity index (χ0n) is 11.6. The third-order valence-corrected chi connectivity index (χ3v) is 2.46. The maximum absolute atomic E-state index is 10.2. The quantitative estimate of drug-likeness (QED) is 0.660. The number of anilines is 1. The van der Waals surface area contributed by atoms with Crippen LogP contribution >= 0.6 is 0 Å². The molecule has 0 amide bonds. The zero-order chi connectivity index (χ0) is 15.7. The minimum absolute atomic E-state index is 0. The lowest BCUT2D eigenvalue weighted by molar-refractivity contribution is -0.384. The Morgan fingerprint density at radius 2 is 1.59 bits per heavy atom. The molecule has 120 valence electrons. The average Bonchev–Trinajstić information content (AvgIpc) is 2.55. The fraction of sp³-hybridized carbons (Fsp3) is 0.200. The summed E-state index contributed by atoms with van der Waals surface area (Å²) in [6.07, 6.45) is 0. The van der Waals surface area contributed by atoms with Gasteiger partial charge in [-0.25, -0.2) is 0 Å². The number of nitrogens with one attached hydrogen (secondary N) is 1. The predicted octanol–water partition coefficient (Wildman–Crippen LogP) is 3.74. The van der Waals surface area contributed by atoms with Crippen LogP contribution in [-0.2, 0) is 0 Å². The molecular formula is C15H20N2O5. The van der Waals surface area contributed by atoms with Crippen molar-refractivity contribution < 1.29 is 19.6 Å². The van der Waals surface area contributed by atoms with Crippen LogP contribution in [-0.4, -0.2) is 24.4 Å². The molecule has 2 aromatic rings. The predicted molar refractivity (Wildman–Crippen MR) is 84.8 cm³/mol. The third-order valence-electron chi connectivity index (χ3n) is 2.46. The van der Waals surface area contributed by atoms with Crippen LogP contribution in [0.15, 0.2) is 48.5 Å². The molecular weight excluding hydrogens is 288 g/mol. The van der Waals surface area contributed by atoms with E-state index in [4.69, 9.17) is 14.7 Å². The topological polar surface area (TPSA) is 93.9 Å². The molecule has 0 atom stereocenters. The van der Waals surface area contributed by atoms with Crippen LogP contribution in [0.5, 0.6) is 11.5 Å². The number of nitro benzene ring substituents is 1. The lowest BCUT2D eigenvalue weighted by Gasteiger charge is -2.00. The summed E-state index contributed by atoms with van der Waals surface area (Å²) in [7, 11) is 3.05. The van der Waals surface area contributed by atoms with E-state index >= 15 is 0 Å². The van der Waals surface area contributed by atoms with Crippen molar-refractivity contribution >= 4 is 11.4 Å². The van der Waals surface area contributed by atoms with Crippen molar-refractivity contribution in [3.05, 3.63) is 58.6 Å². The standard InChI is InChI=1S/C7H7NO3.C7H9NO2.CH4/c1-11-7-4-2-3-6(5-7)8(9)10;1-10-7-4-2-3-6(5-7)8-9;/h2-5H,1H3;2-5,8-9H,1H3;1H4. The summed E-state index contributed by atoms with van der Waals surface area (Å²) >= 11 is 0. The second-order valence-electron chi connectivity index (χ2n) is 3.80. The van der Waals surface area contributed by atoms with E-state index in [0.717, 1.165) is 5.75 Å². The number of rotatable bonds is 4. The lowest BCUT2D eigenvalue weighted by Crippen LogP contribution is -1.89. The van der Waals surface area contributed by atoms with Gasteiger partial charge in [0.2, 0.25) is 0 Å². The number of non-ortho nitro benzene ring substituents is 1. The minimum atomic E-state index is -0.456. The van der Waals surface area contributed by atoms with Crippen LogP contribution in [0, 0.1) is 10.1 Å². The number of ether oxygens (including phenoxy) is 2. The second kappa shape index (κ2) is 10.0. The van der Waals surface area contributed by atoms with Gasteiger partial charge >= 0.3 is 0 Å². The first-order valence-corrected chi connectivity index (χ1v) is 5.93. The van der Waals surface area contributed by atoms with E-state index in [2.05, 4.69) is 0 Å². The monoisotopic (exact) mass is 308 g/mol. The molecule has 0 spiro atoms. The Hall–Kier alpha value is -2.80. The van der Waals surface area contributed by atoms with E-state index < -0.39 is 4.92 Å². The van der Waals surface area contributed by atoms with Gasteiger partial charge in [-0.3, -0.25) is 20.8 Å². The maximum atomic E-state index is 10.2. The molecule has 2 N–H and O–H groups in total. The number of hydrogen-bond donors (Lipinski definition) is 2. The van der Waals surface area contributed by atoms with Crippen molar-refractivity contribution in [3.63, 3.8) is 0 Å². The van der Waals surface area contributed by atoms with Gasteiger partial charge in [-0.05, 0) is 18.2 Å². The third kappa shape index (κ3) is 6.10. The highest BCUT2D eigenvalue weighted by Gasteiger charge is 2.04. The van der Waals surface area contributed by atoms with Crippen LogP contribution < -0.4 is 15.0 Å². The van der Waals surface area contributed by atoms with E-state index in [1.54, 1.807) is 43.5 Å². The Balaban J connectivity index is 0.000000385. The van der Waals surface area contributed by atoms with Gasteiger partial charge in [0.15, 0.2) is 0 Å². The van der Waals surface area contributed by atoms with E-state index in [-0.39, 0.29) is 13.1 Å². The number of nitro groups is 1. The molecule has 2 rings (SSSR count). The Labute approximate surface area is 129 Å². The van der Waals surface area contributed by atoms with Gasteiger partial charge in [0.1, 0.15) is 11.5 Å². The molecule has 0 heterocycles. The summed E-state index contributed by atoms with van der Waals surface area (Å²) in [5.41, 5.74) is 2.69. The smallest absolute Gasteiger partial charge is 0.273 e. The van der Waals surface area contributed by atoms with Gasteiger partial charge in [-0.1, -0.05) is 19.6 Å². The van der Waals surface area contributed by atoms with Gasteiger partial charge in [0, 0.05) is 12.1 Å². The van der Waals surface area contributed by atoms with Crippen LogP contribution in [0.2, 0.25) is 0 Å². The fourth-order valence-electron chi connectivity index (χ4n) is 1.42. The first-order valence-electron chi connectivity index (χ1n) is 5.93. The molecule has 0 aromatic heterocycles. The van der Waals surface area contributed by atoms with Gasteiger partial charge < -0.3 is 9.47 Å². The molecule has 7 heteroatoms. The van der Waals surface area contributed by atoms with Crippen molar-refractivity contribution in [3.8, 4) is 11.5 Å². The Morgan fingerprint density at radius 3 is 2.09 bits per heavy atom. The first-order chi connectivity index (χ1) is 10.1. The molecule has 0 aliphatic rings. The highest BCUT2D eigenvalue weighted by Crippen LogP contribution is 2.18. The zero-order valence-corrected chi connectivity index (χ0v) is 11.6. The number of methoxy groups -OCH3 is 2. The van der Waals surface area contributed by atoms with Gasteiger partial charge in [-0.2, -0.15) is 0 Å². The first kappa shape index (κ1) is 19.2. The number of nitrogens with zero attached hydrogens (tertiary/aromatic N) is 1. The van der Waals surface area contributed by atoms with Crippen LogP contribution in [0.3, 0.4) is 0 Å². The molecule has 2 aromatic carbocycles. The normalized spacial score (nSPS) is 8.68. The summed E-state index contributed by atoms with van der Waals surface area (Å²) in [5.74, 6) is 1.22. The van der Waals surface area contributed by atoms with Crippen molar-refractivity contribution in [2.24, 2.45) is 0 Å². The Morgan fingerprint density at radius 1 is 1.05 bits per heavy atom. The Kier molecular flexibility index (Phi) is 8.73. The summed E-state index contributed by atoms with van der Waals surface area (Å²) < 4.78 is 9.71. The van der Waals surface area contributed by atoms with Crippen LogP contribution in [0.25, 0.3) is 0 Å². The molecule has 0 unspecified atom stereocenters. The van der Waals surface area contributed by atoms with E-state index in [1.807, 2.05) is 5.48 Å². The highest BCUT2D eigenvalue weighted by atomic mass is 16.6. The maximum Gasteiger partial charge on any atom is 0.273 e. The molecule has 0 aliphatic heterocycles. The van der Waals surface area contributed by atoms with Crippen molar-refractivity contribution in [1.82, 2.24) is 0 Å². The average molecular weight is 308 g/mol. The second-order valence-corrected chi connectivity index (χ2v) is 3.80. The van der Waals surface area contributed by atoms with Crippen molar-refractivity contribution in [2.45, 2.75) is 7.43 Å². The van der Waals surface area contributed by atoms with Crippen molar-refractivity contribution in [1.29, 1.82) is 0 Å². The van der Waals surface area contributed by atoms with Gasteiger partial charge in [-0.15, -0.1) is 0 Å². The van der Waals surface area contributed by atoms with Crippen LogP contribution in [0.4, 0.5) is 11.4 Å². The molecule has 0 radical (unpaired) electrons. The summed E-state index contributed by atoms with van der Waals surface area (Å²) in [6, 6.07) is 13.1. The summed E-state index contributed by atoms with van der Waals surface area (Å²) in [4.78, 5) is 9.76. The number of benzene rings is 2. The molecule has 0 saturated heterocycles. The Bertz CT molecular complexity index is 570. The van der Waals surface area contributed by atoms with E-state index in [1.165, 1.54) is 19.2 Å². The summed E-state index contributed by atoms with van der Waals surface area (Å²) in [5, 5.41) is 18.7. The largest absolute Gasteiger partial charge is 0.497 e. The molecule has 7 nitrogen and oxygen atoms in total. The van der Waals surface area contributed by atoms with E-state index in [0.29, 0.717) is 11.4 Å². The van der Waals surface area contributed by atoms with Gasteiger partial charge in [0.25, 0.3) is 5.69 Å². The lowest BCUT2D eigenvalue weighted by atomic mass is 10.3. The fourth-order valence-corrected chi connectivity index (χ4v) is 1.42. The minimum Gasteiger partial charge on any atom is -0.497 e. The highest BCUT2D eigenvalue weighted by molar-refractivity contribution is 5.46. The molecule has 0 fully saturated rings. The number of hydrogen-bond acceptors (Lipinski definition) is 6. The van der Waals surface area contributed by atoms with Gasteiger partial charge in [0.05, 0.1) is 30.9 Å². The van der Waals surface area contributed by atoms with Crippen LogP contribution in [0.1, 0.15) is 7.43 Å². The van der Waals surface area contributed by atoms with Crippen molar-refractivity contribution in [2.75, 3.05) is 19.7 Å².